The summed E-state index contributed by atoms with van der Waals surface area (Å²) < 4.78 is 1.15. The van der Waals surface area contributed by atoms with Crippen LogP contribution in [0.4, 0.5) is 0 Å². The van der Waals surface area contributed by atoms with Gasteiger partial charge < -0.3 is 0 Å². The van der Waals surface area contributed by atoms with Crippen molar-refractivity contribution in [3.8, 4) is 0 Å². The molecule has 0 atom stereocenters. The van der Waals surface area contributed by atoms with Gasteiger partial charge in [0.2, 0.25) is 0 Å². The van der Waals surface area contributed by atoms with Crippen molar-refractivity contribution >= 4 is 11.6 Å². The number of nitrogens with zero attached hydrogens (tertiary/aromatic N) is 4. The van der Waals surface area contributed by atoms with Crippen molar-refractivity contribution in [2.75, 3.05) is 46.6 Å². The van der Waals surface area contributed by atoms with Crippen molar-refractivity contribution in [1.29, 1.82) is 0 Å². The van der Waals surface area contributed by atoms with Crippen LogP contribution < -0.4 is 0 Å². The average molecular weight is 230 g/mol. The highest BCUT2D eigenvalue weighted by Gasteiger charge is 2.48. The van der Waals surface area contributed by atoms with E-state index in [9.17, 15) is 0 Å². The molecular formula is C10H18ClN4+. The van der Waals surface area contributed by atoms with Crippen molar-refractivity contribution in [3.05, 3.63) is 11.1 Å². The Kier molecular flexibility index (Phi) is 2.30. The molecule has 5 heteroatoms. The van der Waals surface area contributed by atoms with E-state index in [2.05, 4.69) is 21.6 Å². The molecule has 0 radical (unpaired) electrons. The third-order valence-corrected chi connectivity index (χ3v) is 3.84. The number of halogens is 1. The Balaban J connectivity index is 1.81. The predicted octanol–water partition coefficient (Wildman–Crippen LogP) is 0.638. The molecule has 4 heterocycles. The van der Waals surface area contributed by atoms with Gasteiger partial charge in [-0.15, -0.1) is 0 Å². The van der Waals surface area contributed by atoms with Gasteiger partial charge in [-0.05, 0) is 12.5 Å². The zero-order valence-corrected chi connectivity index (χ0v) is 9.95. The highest BCUT2D eigenvalue weighted by Crippen LogP contribution is 2.29. The molecule has 4 aliphatic heterocycles. The summed E-state index contributed by atoms with van der Waals surface area (Å²) in [5, 5.41) is 0. The Morgan fingerprint density at radius 1 is 1.13 bits per heavy atom. The van der Waals surface area contributed by atoms with Gasteiger partial charge in [0.1, 0.15) is 26.6 Å². The fraction of sp³-hybridized carbons (Fsp3) is 0.800. The van der Waals surface area contributed by atoms with E-state index < -0.39 is 0 Å². The van der Waals surface area contributed by atoms with Crippen molar-refractivity contribution in [2.45, 2.75) is 6.92 Å². The number of rotatable bonds is 2. The first-order valence-corrected chi connectivity index (χ1v) is 5.91. The molecule has 15 heavy (non-hydrogen) atoms. The molecule has 0 amide bonds. The molecule has 0 saturated carbocycles. The molecule has 4 saturated heterocycles. The van der Waals surface area contributed by atoms with Crippen molar-refractivity contribution < 1.29 is 4.48 Å². The summed E-state index contributed by atoms with van der Waals surface area (Å²) in [5.74, 6) is 0. The smallest absolute Gasteiger partial charge is 0.139 e. The van der Waals surface area contributed by atoms with E-state index >= 15 is 0 Å². The molecule has 84 valence electrons. The third-order valence-electron chi connectivity index (χ3n) is 3.47. The van der Waals surface area contributed by atoms with Gasteiger partial charge in [0, 0.05) is 5.54 Å². The average Bonchev–Trinajstić information content (AvgIpc) is 2.14. The van der Waals surface area contributed by atoms with Crippen molar-refractivity contribution in [3.63, 3.8) is 0 Å². The topological polar surface area (TPSA) is 9.72 Å². The summed E-state index contributed by atoms with van der Waals surface area (Å²) in [6.45, 7) is 10.2. The highest BCUT2D eigenvalue weighted by atomic mass is 35.5. The minimum atomic E-state index is 1.09. The third kappa shape index (κ3) is 1.70. The fourth-order valence-corrected chi connectivity index (χ4v) is 3.44. The van der Waals surface area contributed by atoms with Crippen LogP contribution in [0.1, 0.15) is 6.92 Å². The Morgan fingerprint density at radius 2 is 1.60 bits per heavy atom. The lowest BCUT2D eigenvalue weighted by molar-refractivity contribution is -0.976. The quantitative estimate of drug-likeness (QED) is 0.644. The lowest BCUT2D eigenvalue weighted by Crippen LogP contribution is -2.79. The molecule has 0 unspecified atom stereocenters. The second-order valence-corrected chi connectivity index (χ2v) is 5.53. The fourth-order valence-electron chi connectivity index (χ4n) is 3.37. The van der Waals surface area contributed by atoms with Gasteiger partial charge in [-0.25, -0.2) is 14.7 Å². The lowest BCUT2D eigenvalue weighted by Gasteiger charge is -2.60. The summed E-state index contributed by atoms with van der Waals surface area (Å²) in [4.78, 5) is 7.58. The van der Waals surface area contributed by atoms with Gasteiger partial charge in [0.05, 0.1) is 20.0 Å². The number of hydrogen-bond donors (Lipinski definition) is 0. The summed E-state index contributed by atoms with van der Waals surface area (Å²) in [6, 6.07) is 0. The minimum absolute atomic E-state index is 1.09. The van der Waals surface area contributed by atoms with E-state index in [0.29, 0.717) is 0 Å². The lowest BCUT2D eigenvalue weighted by atomic mass is 10.2. The molecule has 4 aliphatic rings. The van der Waals surface area contributed by atoms with E-state index in [1.165, 1.54) is 25.6 Å². The summed E-state index contributed by atoms with van der Waals surface area (Å²) in [5.41, 5.74) is 3.03. The molecule has 0 aromatic carbocycles. The first-order chi connectivity index (χ1) is 7.19. The van der Waals surface area contributed by atoms with E-state index in [0.717, 1.165) is 31.0 Å². The Labute approximate surface area is 95.9 Å². The van der Waals surface area contributed by atoms with Crippen LogP contribution in [-0.2, 0) is 0 Å². The van der Waals surface area contributed by atoms with Gasteiger partial charge in [-0.3, -0.25) is 4.48 Å². The van der Waals surface area contributed by atoms with Gasteiger partial charge in [-0.1, -0.05) is 11.6 Å². The number of quaternary nitrogens is 1. The molecule has 0 aromatic rings. The Hall–Kier alpha value is -0.130. The van der Waals surface area contributed by atoms with Gasteiger partial charge in [-0.2, -0.15) is 0 Å². The largest absolute Gasteiger partial charge is 0.282 e. The predicted molar refractivity (Wildman–Crippen MR) is 59.5 cm³/mol. The van der Waals surface area contributed by atoms with Crippen LogP contribution in [0.3, 0.4) is 0 Å². The summed E-state index contributed by atoms with van der Waals surface area (Å²) in [6.07, 6.45) is 0. The first kappa shape index (κ1) is 10.1. The summed E-state index contributed by atoms with van der Waals surface area (Å²) in [7, 11) is 0. The van der Waals surface area contributed by atoms with Crippen LogP contribution in [-0.4, -0.2) is 65.7 Å². The van der Waals surface area contributed by atoms with E-state index in [4.69, 9.17) is 11.6 Å². The van der Waals surface area contributed by atoms with Crippen LogP contribution >= 0.6 is 11.6 Å². The standard InChI is InChI=1S/C10H18ClN4/c1-10(2-11)3-15-7-12-4-13(8-15)6-14(5-12)9-15/h2H,3-9H2,1H3/q+1. The van der Waals surface area contributed by atoms with E-state index in [1.54, 1.807) is 5.54 Å². The Bertz CT molecular complexity index is 267. The molecule has 0 aliphatic carbocycles. The van der Waals surface area contributed by atoms with E-state index in [-0.39, 0.29) is 0 Å². The zero-order chi connectivity index (χ0) is 10.5. The second-order valence-electron chi connectivity index (χ2n) is 5.32. The van der Waals surface area contributed by atoms with Gasteiger partial charge >= 0.3 is 0 Å². The molecule has 4 fully saturated rings. The van der Waals surface area contributed by atoms with Crippen LogP contribution in [0.25, 0.3) is 0 Å². The van der Waals surface area contributed by atoms with Crippen molar-refractivity contribution in [2.24, 2.45) is 0 Å². The first-order valence-electron chi connectivity index (χ1n) is 5.47. The van der Waals surface area contributed by atoms with Crippen LogP contribution in [0.5, 0.6) is 0 Å². The maximum Gasteiger partial charge on any atom is 0.139 e. The molecule has 4 nitrogen and oxygen atoms in total. The monoisotopic (exact) mass is 229 g/mol. The van der Waals surface area contributed by atoms with Crippen LogP contribution in [0, 0.1) is 0 Å². The zero-order valence-electron chi connectivity index (χ0n) is 9.19. The molecule has 0 spiro atoms. The molecular weight excluding hydrogens is 212 g/mol. The maximum absolute atomic E-state index is 5.78. The van der Waals surface area contributed by atoms with Crippen LogP contribution in [0.15, 0.2) is 11.1 Å². The molecule has 4 bridgehead atoms. The highest BCUT2D eigenvalue weighted by molar-refractivity contribution is 6.25. The summed E-state index contributed by atoms with van der Waals surface area (Å²) >= 11 is 5.78. The Morgan fingerprint density at radius 3 is 2.00 bits per heavy atom. The SMILES string of the molecule is CC(=CCl)C[N+]12CN3CN(CN(C3)C1)C2. The van der Waals surface area contributed by atoms with E-state index in [1.807, 2.05) is 0 Å². The van der Waals surface area contributed by atoms with Crippen LogP contribution in [0.2, 0.25) is 0 Å². The van der Waals surface area contributed by atoms with Gasteiger partial charge in [0.15, 0.2) is 0 Å². The van der Waals surface area contributed by atoms with Gasteiger partial charge in [0.25, 0.3) is 0 Å². The minimum Gasteiger partial charge on any atom is -0.282 e. The molecule has 0 N–H and O–H groups in total. The normalized spacial score (nSPS) is 48.7. The van der Waals surface area contributed by atoms with Crippen molar-refractivity contribution in [1.82, 2.24) is 14.7 Å². The number of hydrogen-bond acceptors (Lipinski definition) is 3. The molecule has 4 rings (SSSR count). The second kappa shape index (κ2) is 3.43. The maximum atomic E-state index is 5.78. The molecule has 0 aromatic heterocycles.